The second-order valence-corrected chi connectivity index (χ2v) is 7.82. The van der Waals surface area contributed by atoms with Crippen LogP contribution < -0.4 is 10.1 Å². The van der Waals surface area contributed by atoms with Crippen LogP contribution in [0.1, 0.15) is 5.76 Å². The van der Waals surface area contributed by atoms with Crippen LogP contribution in [0.5, 0.6) is 11.5 Å². The van der Waals surface area contributed by atoms with E-state index < -0.39 is 0 Å². The lowest BCUT2D eigenvalue weighted by atomic mass is 10.2. The molecule has 7 nitrogen and oxygen atoms in total. The molecule has 0 fully saturated rings. The highest BCUT2D eigenvalue weighted by molar-refractivity contribution is 7.99. The molecule has 2 aromatic heterocycles. The molecule has 1 amide bonds. The Balaban J connectivity index is 1.40. The molecule has 0 aliphatic carbocycles. The number of nitrogens with one attached hydrogen (secondary N) is 1. The Morgan fingerprint density at radius 1 is 1.16 bits per heavy atom. The monoisotopic (exact) mass is 446 g/mol. The van der Waals surface area contributed by atoms with Gasteiger partial charge in [0.2, 0.25) is 5.91 Å². The van der Waals surface area contributed by atoms with Crippen LogP contribution in [0.15, 0.2) is 89.2 Å². The van der Waals surface area contributed by atoms with E-state index in [2.05, 4.69) is 22.1 Å². The van der Waals surface area contributed by atoms with Crippen molar-refractivity contribution in [1.82, 2.24) is 14.8 Å². The lowest BCUT2D eigenvalue weighted by molar-refractivity contribution is -0.113. The quantitative estimate of drug-likeness (QED) is 0.268. The van der Waals surface area contributed by atoms with Gasteiger partial charge in [-0.2, -0.15) is 0 Å². The Morgan fingerprint density at radius 3 is 2.72 bits per heavy atom. The van der Waals surface area contributed by atoms with Crippen molar-refractivity contribution in [2.45, 2.75) is 18.6 Å². The van der Waals surface area contributed by atoms with Crippen LogP contribution in [0.2, 0.25) is 0 Å². The van der Waals surface area contributed by atoms with E-state index in [0.717, 1.165) is 17.1 Å². The van der Waals surface area contributed by atoms with E-state index >= 15 is 0 Å². The molecule has 0 saturated carbocycles. The average molecular weight is 447 g/mol. The Bertz CT molecular complexity index is 1220. The smallest absolute Gasteiger partial charge is 0.234 e. The number of amides is 1. The molecular formula is C24H22N4O3S. The number of nitrogens with zero attached hydrogens (tertiary/aromatic N) is 3. The summed E-state index contributed by atoms with van der Waals surface area (Å²) in [5.74, 6) is 2.85. The first-order valence-corrected chi connectivity index (χ1v) is 11.0. The van der Waals surface area contributed by atoms with E-state index in [-0.39, 0.29) is 11.7 Å². The van der Waals surface area contributed by atoms with Gasteiger partial charge in [-0.1, -0.05) is 42.1 Å². The fourth-order valence-corrected chi connectivity index (χ4v) is 3.84. The van der Waals surface area contributed by atoms with E-state index in [1.165, 1.54) is 11.8 Å². The topological polar surface area (TPSA) is 82.2 Å². The first-order chi connectivity index (χ1) is 15.6. The highest BCUT2D eigenvalue weighted by Gasteiger charge is 2.17. The largest absolute Gasteiger partial charge is 0.469 e. The minimum Gasteiger partial charge on any atom is -0.469 e. The lowest BCUT2D eigenvalue weighted by Gasteiger charge is -2.09. The summed E-state index contributed by atoms with van der Waals surface area (Å²) < 4.78 is 13.1. The third-order valence-electron chi connectivity index (χ3n) is 4.56. The molecule has 2 aromatic carbocycles. The molecule has 0 bridgehead atoms. The molecule has 0 saturated heterocycles. The number of anilines is 1. The van der Waals surface area contributed by atoms with Gasteiger partial charge in [-0.3, -0.25) is 9.36 Å². The number of carbonyl (C=O) groups excluding carboxylic acids is 1. The van der Waals surface area contributed by atoms with Gasteiger partial charge in [0, 0.05) is 18.3 Å². The van der Waals surface area contributed by atoms with Crippen LogP contribution in [-0.4, -0.2) is 26.4 Å². The van der Waals surface area contributed by atoms with Gasteiger partial charge < -0.3 is 14.5 Å². The van der Waals surface area contributed by atoms with E-state index in [1.54, 1.807) is 18.4 Å². The molecule has 8 heteroatoms. The summed E-state index contributed by atoms with van der Waals surface area (Å²) >= 11 is 1.31. The molecule has 0 atom stereocenters. The van der Waals surface area contributed by atoms with E-state index in [1.807, 2.05) is 66.1 Å². The van der Waals surface area contributed by atoms with Gasteiger partial charge >= 0.3 is 0 Å². The highest BCUT2D eigenvalue weighted by Crippen LogP contribution is 2.28. The number of furan rings is 1. The van der Waals surface area contributed by atoms with Crippen LogP contribution in [0.25, 0.3) is 11.4 Å². The predicted octanol–water partition coefficient (Wildman–Crippen LogP) is 5.56. The minimum atomic E-state index is -0.152. The van der Waals surface area contributed by atoms with Crippen LogP contribution in [0.3, 0.4) is 0 Å². The van der Waals surface area contributed by atoms with Gasteiger partial charge in [0.1, 0.15) is 17.3 Å². The lowest BCUT2D eigenvalue weighted by Crippen LogP contribution is -2.14. The fourth-order valence-electron chi connectivity index (χ4n) is 3.09. The zero-order valence-corrected chi connectivity index (χ0v) is 18.3. The molecule has 1 N–H and O–H groups in total. The maximum Gasteiger partial charge on any atom is 0.234 e. The first kappa shape index (κ1) is 21.5. The highest BCUT2D eigenvalue weighted by atomic mass is 32.2. The van der Waals surface area contributed by atoms with Crippen molar-refractivity contribution in [2.24, 2.45) is 0 Å². The number of aryl methyl sites for hydroxylation is 1. The van der Waals surface area contributed by atoms with Crippen molar-refractivity contribution in [3.63, 3.8) is 0 Å². The van der Waals surface area contributed by atoms with Crippen LogP contribution in [0.4, 0.5) is 5.69 Å². The normalized spacial score (nSPS) is 10.7. The molecule has 0 radical (unpaired) electrons. The zero-order chi connectivity index (χ0) is 22.3. The maximum atomic E-state index is 12.5. The molecule has 4 aromatic rings. The van der Waals surface area contributed by atoms with Gasteiger partial charge in [-0.15, -0.1) is 16.8 Å². The molecule has 2 heterocycles. The van der Waals surface area contributed by atoms with Crippen molar-refractivity contribution in [2.75, 3.05) is 11.1 Å². The van der Waals surface area contributed by atoms with Crippen LogP contribution in [-0.2, 0) is 11.3 Å². The van der Waals surface area contributed by atoms with Crippen molar-refractivity contribution in [3.8, 4) is 22.9 Å². The van der Waals surface area contributed by atoms with Crippen molar-refractivity contribution >= 4 is 23.4 Å². The number of aromatic nitrogens is 3. The van der Waals surface area contributed by atoms with Crippen LogP contribution in [0, 0.1) is 6.92 Å². The number of benzene rings is 2. The number of thioether (sulfide) groups is 1. The first-order valence-electron chi connectivity index (χ1n) is 9.98. The molecule has 0 aliphatic rings. The van der Waals surface area contributed by atoms with Crippen molar-refractivity contribution in [3.05, 3.63) is 85.3 Å². The van der Waals surface area contributed by atoms with Gasteiger partial charge in [-0.05, 0) is 37.3 Å². The minimum absolute atomic E-state index is 0.152. The number of hydrogen-bond donors (Lipinski definition) is 1. The second kappa shape index (κ2) is 10.0. The fraction of sp³-hybridized carbons (Fsp3) is 0.125. The number of carbonyl (C=O) groups is 1. The van der Waals surface area contributed by atoms with Crippen LogP contribution >= 0.6 is 11.8 Å². The number of allylic oxidation sites excluding steroid dienone is 1. The summed E-state index contributed by atoms with van der Waals surface area (Å²) in [5.41, 5.74) is 1.53. The summed E-state index contributed by atoms with van der Waals surface area (Å²) in [5, 5.41) is 12.1. The molecule has 0 spiro atoms. The number of para-hydroxylation sites is 1. The average Bonchev–Trinajstić information content (AvgIpc) is 3.39. The van der Waals surface area contributed by atoms with Gasteiger partial charge in [0.25, 0.3) is 0 Å². The van der Waals surface area contributed by atoms with Gasteiger partial charge in [-0.25, -0.2) is 0 Å². The molecule has 0 aliphatic heterocycles. The number of rotatable bonds is 9. The molecule has 32 heavy (non-hydrogen) atoms. The Hall–Kier alpha value is -3.78. The van der Waals surface area contributed by atoms with E-state index in [4.69, 9.17) is 9.15 Å². The molecule has 162 valence electrons. The van der Waals surface area contributed by atoms with Crippen molar-refractivity contribution in [1.29, 1.82) is 0 Å². The number of hydrogen-bond acceptors (Lipinski definition) is 6. The molecular weight excluding hydrogens is 424 g/mol. The second-order valence-electron chi connectivity index (χ2n) is 6.88. The Labute approximate surface area is 190 Å². The standard InChI is InChI=1S/C24H22N4O3S/c1-3-13-28-23(21-12-14-30-17(21)2)26-27-24(28)32-16-22(29)25-18-8-7-11-20(15-18)31-19-9-5-4-6-10-19/h3-12,14-15H,1,13,16H2,2H3,(H,25,29). The SMILES string of the molecule is C=CCn1c(SCC(=O)Nc2cccc(Oc3ccccc3)c2)nnc1-c1ccoc1C. The summed E-state index contributed by atoms with van der Waals surface area (Å²) in [6, 6.07) is 18.6. The Morgan fingerprint density at radius 2 is 1.97 bits per heavy atom. The summed E-state index contributed by atoms with van der Waals surface area (Å²) in [6.45, 7) is 6.21. The number of ether oxygens (including phenoxy) is 1. The van der Waals surface area contributed by atoms with Gasteiger partial charge in [0.15, 0.2) is 11.0 Å². The summed E-state index contributed by atoms with van der Waals surface area (Å²) in [6.07, 6.45) is 3.39. The maximum absolute atomic E-state index is 12.5. The van der Waals surface area contributed by atoms with E-state index in [9.17, 15) is 4.79 Å². The summed E-state index contributed by atoms with van der Waals surface area (Å²) in [4.78, 5) is 12.5. The molecule has 4 rings (SSSR count). The third-order valence-corrected chi connectivity index (χ3v) is 5.52. The Kier molecular flexibility index (Phi) is 6.72. The third kappa shape index (κ3) is 5.09. The van der Waals surface area contributed by atoms with Gasteiger partial charge in [0.05, 0.1) is 17.6 Å². The zero-order valence-electron chi connectivity index (χ0n) is 17.5. The van der Waals surface area contributed by atoms with Crippen molar-refractivity contribution < 1.29 is 13.9 Å². The van der Waals surface area contributed by atoms with E-state index in [0.29, 0.717) is 29.0 Å². The summed E-state index contributed by atoms with van der Waals surface area (Å²) in [7, 11) is 0. The predicted molar refractivity (Wildman–Crippen MR) is 125 cm³/mol. The molecule has 0 unspecified atom stereocenters.